The summed E-state index contributed by atoms with van der Waals surface area (Å²) in [6.45, 7) is 3.73. The van der Waals surface area contributed by atoms with Gasteiger partial charge in [-0.1, -0.05) is 12.1 Å². The Morgan fingerprint density at radius 1 is 1.22 bits per heavy atom. The van der Waals surface area contributed by atoms with E-state index in [9.17, 15) is 9.59 Å². The normalized spacial score (nSPS) is 13.6. The Hall–Kier alpha value is -2.54. The summed E-state index contributed by atoms with van der Waals surface area (Å²) in [5.74, 6) is 0.332. The molecule has 0 bridgehead atoms. The highest BCUT2D eigenvalue weighted by Crippen LogP contribution is 2.39. The van der Waals surface area contributed by atoms with E-state index in [-0.39, 0.29) is 11.9 Å². The van der Waals surface area contributed by atoms with Gasteiger partial charge in [0, 0.05) is 4.88 Å². The number of para-hydroxylation sites is 2. The lowest BCUT2D eigenvalue weighted by atomic mass is 10.1. The van der Waals surface area contributed by atoms with Crippen molar-refractivity contribution in [2.24, 2.45) is 0 Å². The summed E-state index contributed by atoms with van der Waals surface area (Å²) in [6.07, 6.45) is 2.03. The number of hydrogen-bond donors (Lipinski definition) is 1. The second-order valence-electron chi connectivity index (χ2n) is 6.18. The Bertz CT molecular complexity index is 845. The van der Waals surface area contributed by atoms with E-state index in [1.165, 1.54) is 11.3 Å². The third-order valence-electron chi connectivity index (χ3n) is 4.38. The molecule has 1 atom stereocenters. The van der Waals surface area contributed by atoms with Crippen LogP contribution in [0.3, 0.4) is 0 Å². The first kappa shape index (κ1) is 19.2. The predicted octanol–water partition coefficient (Wildman–Crippen LogP) is 3.83. The number of rotatable bonds is 7. The van der Waals surface area contributed by atoms with Crippen molar-refractivity contribution in [3.8, 4) is 11.5 Å². The van der Waals surface area contributed by atoms with Crippen LogP contribution < -0.4 is 14.8 Å². The van der Waals surface area contributed by atoms with Gasteiger partial charge in [-0.2, -0.15) is 0 Å². The first-order chi connectivity index (χ1) is 13.0. The minimum absolute atomic E-state index is 0.296. The minimum atomic E-state index is -0.756. The third-order valence-corrected chi connectivity index (χ3v) is 5.59. The molecule has 1 N–H and O–H groups in total. The lowest BCUT2D eigenvalue weighted by Crippen LogP contribution is -2.30. The molecule has 1 unspecified atom stereocenters. The van der Waals surface area contributed by atoms with E-state index in [2.05, 4.69) is 5.32 Å². The minimum Gasteiger partial charge on any atom is -0.493 e. The molecule has 1 heterocycles. The van der Waals surface area contributed by atoms with Crippen LogP contribution in [0.1, 0.15) is 41.1 Å². The van der Waals surface area contributed by atoms with E-state index in [1.54, 1.807) is 33.1 Å². The summed E-state index contributed by atoms with van der Waals surface area (Å²) in [5, 5.41) is 3.39. The molecule has 27 heavy (non-hydrogen) atoms. The molecule has 1 amide bonds. The number of benzene rings is 1. The van der Waals surface area contributed by atoms with Crippen molar-refractivity contribution >= 4 is 28.2 Å². The van der Waals surface area contributed by atoms with Crippen LogP contribution >= 0.6 is 11.3 Å². The topological polar surface area (TPSA) is 73.9 Å². The van der Waals surface area contributed by atoms with E-state index in [0.29, 0.717) is 28.7 Å². The first-order valence-electron chi connectivity index (χ1n) is 8.97. The number of aryl methyl sites for hydroxylation is 1. The Balaban J connectivity index is 1.77. The molecule has 6 nitrogen and oxygen atoms in total. The molecule has 7 heteroatoms. The lowest BCUT2D eigenvalue weighted by molar-refractivity contribution is -0.122. The highest BCUT2D eigenvalue weighted by Gasteiger charge is 2.29. The van der Waals surface area contributed by atoms with Gasteiger partial charge in [0.05, 0.1) is 19.3 Å². The highest BCUT2D eigenvalue weighted by molar-refractivity contribution is 7.17. The third kappa shape index (κ3) is 4.08. The molecule has 0 radical (unpaired) electrons. The fourth-order valence-electron chi connectivity index (χ4n) is 3.09. The summed E-state index contributed by atoms with van der Waals surface area (Å²) in [6, 6.07) is 7.15. The number of carbonyl (C=O) groups excluding carboxylic acids is 2. The fourth-order valence-corrected chi connectivity index (χ4v) is 4.37. The number of amides is 1. The molecule has 0 fully saturated rings. The average molecular weight is 389 g/mol. The van der Waals surface area contributed by atoms with Gasteiger partial charge in [-0.3, -0.25) is 4.79 Å². The summed E-state index contributed by atoms with van der Waals surface area (Å²) in [4.78, 5) is 26.2. The number of hydrogen-bond acceptors (Lipinski definition) is 6. The van der Waals surface area contributed by atoms with Crippen LogP contribution in [0, 0.1) is 0 Å². The van der Waals surface area contributed by atoms with Crippen LogP contribution in [0.2, 0.25) is 0 Å². The number of thiophene rings is 1. The van der Waals surface area contributed by atoms with E-state index in [4.69, 9.17) is 14.2 Å². The predicted molar refractivity (Wildman–Crippen MR) is 104 cm³/mol. The summed E-state index contributed by atoms with van der Waals surface area (Å²) < 4.78 is 16.2. The molecule has 0 saturated heterocycles. The zero-order valence-corrected chi connectivity index (χ0v) is 16.5. The maximum Gasteiger partial charge on any atom is 0.341 e. The van der Waals surface area contributed by atoms with E-state index >= 15 is 0 Å². The van der Waals surface area contributed by atoms with E-state index < -0.39 is 6.10 Å². The Morgan fingerprint density at radius 2 is 1.96 bits per heavy atom. The van der Waals surface area contributed by atoms with Gasteiger partial charge in [-0.25, -0.2) is 4.79 Å². The van der Waals surface area contributed by atoms with Crippen molar-refractivity contribution in [2.75, 3.05) is 19.0 Å². The van der Waals surface area contributed by atoms with Crippen molar-refractivity contribution in [2.45, 2.75) is 39.2 Å². The standard InChI is InChI=1S/C20H23NO5S/c1-4-25-20(23)17-13-8-7-11-16(13)27-19(17)21-18(22)12(2)26-15-10-6-5-9-14(15)24-3/h5-6,9-10,12H,4,7-8,11H2,1-3H3,(H,21,22). The Morgan fingerprint density at radius 3 is 2.67 bits per heavy atom. The van der Waals surface area contributed by atoms with Crippen LogP contribution in [0.5, 0.6) is 11.5 Å². The largest absolute Gasteiger partial charge is 0.493 e. The summed E-state index contributed by atoms with van der Waals surface area (Å²) in [5.41, 5.74) is 1.50. The van der Waals surface area contributed by atoms with Crippen LogP contribution in [-0.2, 0) is 22.4 Å². The van der Waals surface area contributed by atoms with Crippen molar-refractivity contribution in [1.29, 1.82) is 0 Å². The molecule has 0 aliphatic heterocycles. The molecule has 1 aromatic heterocycles. The molecule has 1 aliphatic carbocycles. The maximum atomic E-state index is 12.7. The number of anilines is 1. The second kappa shape index (κ2) is 8.43. The molecule has 2 aromatic rings. The number of nitrogens with one attached hydrogen (secondary N) is 1. The number of methoxy groups -OCH3 is 1. The van der Waals surface area contributed by atoms with Crippen molar-refractivity contribution < 1.29 is 23.8 Å². The summed E-state index contributed by atoms with van der Waals surface area (Å²) in [7, 11) is 1.55. The van der Waals surface area contributed by atoms with Crippen molar-refractivity contribution in [3.05, 3.63) is 40.3 Å². The number of esters is 1. The van der Waals surface area contributed by atoms with Crippen LogP contribution in [0.15, 0.2) is 24.3 Å². The molecule has 3 rings (SSSR count). The second-order valence-corrected chi connectivity index (χ2v) is 7.29. The van der Waals surface area contributed by atoms with E-state index in [1.807, 2.05) is 12.1 Å². The van der Waals surface area contributed by atoms with Gasteiger partial charge < -0.3 is 19.5 Å². The van der Waals surface area contributed by atoms with Gasteiger partial charge in [-0.15, -0.1) is 11.3 Å². The molecule has 0 spiro atoms. The number of fused-ring (bicyclic) bond motifs is 1. The number of ether oxygens (including phenoxy) is 3. The van der Waals surface area contributed by atoms with Crippen LogP contribution in [0.4, 0.5) is 5.00 Å². The van der Waals surface area contributed by atoms with Crippen molar-refractivity contribution in [3.63, 3.8) is 0 Å². The van der Waals surface area contributed by atoms with E-state index in [0.717, 1.165) is 29.7 Å². The van der Waals surface area contributed by atoms with Crippen molar-refractivity contribution in [1.82, 2.24) is 0 Å². The van der Waals surface area contributed by atoms with Gasteiger partial charge in [0.1, 0.15) is 5.00 Å². The smallest absolute Gasteiger partial charge is 0.341 e. The monoisotopic (exact) mass is 389 g/mol. The Kier molecular flexibility index (Phi) is 6.01. The SMILES string of the molecule is CCOC(=O)c1c(NC(=O)C(C)Oc2ccccc2OC)sc2c1CCC2. The van der Waals surface area contributed by atoms with Gasteiger partial charge in [0.15, 0.2) is 17.6 Å². The average Bonchev–Trinajstić information content (AvgIpc) is 3.22. The zero-order chi connectivity index (χ0) is 19.4. The summed E-state index contributed by atoms with van der Waals surface area (Å²) >= 11 is 1.45. The van der Waals surface area contributed by atoms with Crippen LogP contribution in [-0.4, -0.2) is 31.7 Å². The van der Waals surface area contributed by atoms with Gasteiger partial charge in [0.2, 0.25) is 0 Å². The molecule has 1 aromatic carbocycles. The van der Waals surface area contributed by atoms with Gasteiger partial charge in [-0.05, 0) is 50.8 Å². The molecule has 144 valence electrons. The fraction of sp³-hybridized carbons (Fsp3) is 0.400. The van der Waals surface area contributed by atoms with Crippen LogP contribution in [0.25, 0.3) is 0 Å². The van der Waals surface area contributed by atoms with Gasteiger partial charge in [0.25, 0.3) is 5.91 Å². The lowest BCUT2D eigenvalue weighted by Gasteiger charge is -2.16. The quantitative estimate of drug-likeness (QED) is 0.729. The molecular formula is C20H23NO5S. The molecular weight excluding hydrogens is 366 g/mol. The molecule has 1 aliphatic rings. The first-order valence-corrected chi connectivity index (χ1v) is 9.79. The number of carbonyl (C=O) groups is 2. The zero-order valence-electron chi connectivity index (χ0n) is 15.7. The molecule has 0 saturated carbocycles. The highest BCUT2D eigenvalue weighted by atomic mass is 32.1. The Labute approximate surface area is 162 Å². The van der Waals surface area contributed by atoms with Gasteiger partial charge >= 0.3 is 5.97 Å². The maximum absolute atomic E-state index is 12.7.